The molecule has 0 bridgehead atoms. The zero-order chi connectivity index (χ0) is 21.9. The highest BCUT2D eigenvalue weighted by atomic mass is 19.1. The lowest BCUT2D eigenvalue weighted by molar-refractivity contribution is 0.0785. The van der Waals surface area contributed by atoms with Crippen LogP contribution < -0.4 is 10.5 Å². The second-order valence-electron chi connectivity index (χ2n) is 8.73. The molecule has 1 aliphatic carbocycles. The molecule has 0 atom stereocenters. The maximum atomic E-state index is 14.1. The molecule has 160 valence electrons. The van der Waals surface area contributed by atoms with E-state index in [4.69, 9.17) is 15.5 Å². The first-order valence-corrected chi connectivity index (χ1v) is 10.3. The van der Waals surface area contributed by atoms with Crippen molar-refractivity contribution in [1.82, 2.24) is 19.6 Å². The topological polar surface area (TPSA) is 98.6 Å². The van der Waals surface area contributed by atoms with Gasteiger partial charge in [-0.2, -0.15) is 4.52 Å². The third-order valence-electron chi connectivity index (χ3n) is 6.16. The molecular weight excluding hydrogens is 397 g/mol. The van der Waals surface area contributed by atoms with Crippen LogP contribution in [-0.4, -0.2) is 31.8 Å². The summed E-state index contributed by atoms with van der Waals surface area (Å²) in [4.78, 5) is 9.04. The van der Waals surface area contributed by atoms with Crippen molar-refractivity contribution in [1.29, 1.82) is 0 Å². The molecule has 0 unspecified atom stereocenters. The minimum atomic E-state index is -0.847. The van der Waals surface area contributed by atoms with Gasteiger partial charge in [0.1, 0.15) is 17.1 Å². The molecule has 2 aromatic carbocycles. The van der Waals surface area contributed by atoms with Gasteiger partial charge in [-0.1, -0.05) is 24.3 Å². The Morgan fingerprint density at radius 2 is 1.84 bits per heavy atom. The van der Waals surface area contributed by atoms with Crippen molar-refractivity contribution in [3.63, 3.8) is 0 Å². The van der Waals surface area contributed by atoms with Crippen molar-refractivity contribution in [2.75, 3.05) is 12.8 Å². The van der Waals surface area contributed by atoms with Crippen LogP contribution in [-0.2, 0) is 5.60 Å². The van der Waals surface area contributed by atoms with Crippen LogP contribution in [0.25, 0.3) is 16.6 Å². The lowest BCUT2D eigenvalue weighted by Crippen LogP contribution is -2.22. The largest absolute Gasteiger partial charge is 0.494 e. The van der Waals surface area contributed by atoms with Crippen LogP contribution in [0.15, 0.2) is 36.4 Å². The van der Waals surface area contributed by atoms with Crippen molar-refractivity contribution in [2.24, 2.45) is 0 Å². The fraction of sp³-hybridized carbons (Fsp3) is 0.348. The first-order valence-electron chi connectivity index (χ1n) is 10.3. The van der Waals surface area contributed by atoms with Crippen molar-refractivity contribution >= 4 is 22.5 Å². The molecule has 1 aliphatic rings. The van der Waals surface area contributed by atoms with E-state index in [9.17, 15) is 9.50 Å². The summed E-state index contributed by atoms with van der Waals surface area (Å²) in [5.74, 6) is 1.37. The number of aliphatic hydroxyl groups is 1. The van der Waals surface area contributed by atoms with Gasteiger partial charge in [-0.05, 0) is 49.8 Å². The zero-order valence-corrected chi connectivity index (χ0v) is 17.6. The Labute approximate surface area is 178 Å². The van der Waals surface area contributed by atoms with Crippen LogP contribution in [0.5, 0.6) is 5.75 Å². The highest BCUT2D eigenvalue weighted by Gasteiger charge is 2.35. The van der Waals surface area contributed by atoms with Gasteiger partial charge in [-0.3, -0.25) is 0 Å². The molecule has 0 spiro atoms. The third-order valence-corrected chi connectivity index (χ3v) is 6.16. The first kappa shape index (κ1) is 19.7. The number of aromatic nitrogens is 4. The lowest BCUT2D eigenvalue weighted by atomic mass is 9.71. The fourth-order valence-electron chi connectivity index (χ4n) is 4.28. The highest BCUT2D eigenvalue weighted by molar-refractivity contribution is 5.95. The summed E-state index contributed by atoms with van der Waals surface area (Å²) >= 11 is 0. The van der Waals surface area contributed by atoms with E-state index in [0.29, 0.717) is 34.0 Å². The van der Waals surface area contributed by atoms with E-state index < -0.39 is 11.4 Å². The van der Waals surface area contributed by atoms with E-state index in [1.807, 2.05) is 12.1 Å². The smallest absolute Gasteiger partial charge is 0.223 e. The molecule has 1 saturated carbocycles. The molecule has 1 fully saturated rings. The predicted octanol–water partition coefficient (Wildman–Crippen LogP) is 3.90. The number of hydrogen-bond donors (Lipinski definition) is 2. The lowest BCUT2D eigenvalue weighted by Gasteiger charge is -2.34. The molecule has 8 heteroatoms. The van der Waals surface area contributed by atoms with Gasteiger partial charge >= 0.3 is 0 Å². The highest BCUT2D eigenvalue weighted by Crippen LogP contribution is 2.47. The monoisotopic (exact) mass is 421 g/mol. The molecule has 2 aromatic heterocycles. The van der Waals surface area contributed by atoms with Crippen molar-refractivity contribution in [3.05, 3.63) is 59.2 Å². The number of nitrogen functional groups attached to an aromatic ring is 1. The number of anilines is 1. The van der Waals surface area contributed by atoms with Crippen LogP contribution in [0.3, 0.4) is 0 Å². The molecule has 5 rings (SSSR count). The van der Waals surface area contributed by atoms with E-state index in [2.05, 4.69) is 22.2 Å². The summed E-state index contributed by atoms with van der Waals surface area (Å²) in [6, 6.07) is 10.8. The second kappa shape index (κ2) is 6.88. The minimum absolute atomic E-state index is 0.184. The number of halogens is 1. The molecule has 2 heterocycles. The summed E-state index contributed by atoms with van der Waals surface area (Å²) < 4.78 is 20.8. The number of ether oxygens (including phenoxy) is 1. The Hall–Kier alpha value is -3.26. The Morgan fingerprint density at radius 1 is 1.13 bits per heavy atom. The zero-order valence-electron chi connectivity index (χ0n) is 17.6. The van der Waals surface area contributed by atoms with Gasteiger partial charge in [-0.15, -0.1) is 5.10 Å². The number of nitrogens with zero attached hydrogens (tertiary/aromatic N) is 4. The molecule has 7 nitrogen and oxygen atoms in total. The quantitative estimate of drug-likeness (QED) is 0.519. The van der Waals surface area contributed by atoms with Crippen LogP contribution in [0.4, 0.5) is 10.3 Å². The average molecular weight is 421 g/mol. The van der Waals surface area contributed by atoms with Gasteiger partial charge in [0.05, 0.1) is 18.1 Å². The van der Waals surface area contributed by atoms with E-state index in [-0.39, 0.29) is 11.9 Å². The molecular formula is C23H24FN5O2. The Kier molecular flexibility index (Phi) is 4.37. The summed E-state index contributed by atoms with van der Waals surface area (Å²) in [6.45, 7) is 3.56. The molecule has 0 aliphatic heterocycles. The first-order chi connectivity index (χ1) is 14.7. The number of benzene rings is 2. The van der Waals surface area contributed by atoms with Crippen molar-refractivity contribution in [3.8, 4) is 5.75 Å². The van der Waals surface area contributed by atoms with Gasteiger partial charge in [0, 0.05) is 12.0 Å². The van der Waals surface area contributed by atoms with Gasteiger partial charge < -0.3 is 15.6 Å². The van der Waals surface area contributed by atoms with E-state index in [0.717, 1.165) is 18.4 Å². The standard InChI is InChI=1S/C23H24FN5O2/c1-23(2,30)15-6-4-12(5-7-15)13-8-14(9-13)20-27-21-17-10-16(24)11-18(31-3)19(17)26-22(25)29(21)28-20/h4-7,10-11,13-14,30H,8-9H2,1-3H3,(H2,25,26). The number of methoxy groups -OCH3 is 1. The third kappa shape index (κ3) is 3.27. The molecule has 4 aromatic rings. The van der Waals surface area contributed by atoms with Crippen molar-refractivity contribution in [2.45, 2.75) is 44.1 Å². The van der Waals surface area contributed by atoms with Gasteiger partial charge in [0.25, 0.3) is 0 Å². The maximum Gasteiger partial charge on any atom is 0.223 e. The Balaban J connectivity index is 1.44. The Bertz CT molecular complexity index is 1290. The minimum Gasteiger partial charge on any atom is -0.494 e. The van der Waals surface area contributed by atoms with Gasteiger partial charge in [0.15, 0.2) is 11.5 Å². The van der Waals surface area contributed by atoms with Crippen molar-refractivity contribution < 1.29 is 14.2 Å². The number of fused-ring (bicyclic) bond motifs is 3. The summed E-state index contributed by atoms with van der Waals surface area (Å²) in [6.07, 6.45) is 1.84. The molecule has 31 heavy (non-hydrogen) atoms. The number of rotatable bonds is 4. The summed E-state index contributed by atoms with van der Waals surface area (Å²) in [7, 11) is 1.47. The number of hydrogen-bond acceptors (Lipinski definition) is 6. The van der Waals surface area contributed by atoms with E-state index in [1.54, 1.807) is 13.8 Å². The summed E-state index contributed by atoms with van der Waals surface area (Å²) in [5, 5.41) is 15.2. The van der Waals surface area contributed by atoms with Crippen LogP contribution in [0.2, 0.25) is 0 Å². The predicted molar refractivity (Wildman–Crippen MR) is 116 cm³/mol. The summed E-state index contributed by atoms with van der Waals surface area (Å²) in [5.41, 5.74) is 8.34. The van der Waals surface area contributed by atoms with Crippen LogP contribution >= 0.6 is 0 Å². The SMILES string of the molecule is COc1cc(F)cc2c1nc(N)n1nc(C3CC(c4ccc(C(C)(C)O)cc4)C3)nc21. The normalized spacial score (nSPS) is 19.0. The van der Waals surface area contributed by atoms with Crippen LogP contribution in [0, 0.1) is 5.82 Å². The fourth-order valence-corrected chi connectivity index (χ4v) is 4.28. The van der Waals surface area contributed by atoms with Gasteiger partial charge in [0.2, 0.25) is 5.95 Å². The second-order valence-corrected chi connectivity index (χ2v) is 8.73. The average Bonchev–Trinajstić information content (AvgIpc) is 3.12. The van der Waals surface area contributed by atoms with E-state index in [1.165, 1.54) is 29.3 Å². The van der Waals surface area contributed by atoms with Gasteiger partial charge in [-0.25, -0.2) is 14.4 Å². The Morgan fingerprint density at radius 3 is 2.48 bits per heavy atom. The number of nitrogens with two attached hydrogens (primary N) is 1. The molecule has 3 N–H and O–H groups in total. The maximum absolute atomic E-state index is 14.1. The molecule has 0 saturated heterocycles. The van der Waals surface area contributed by atoms with E-state index >= 15 is 0 Å². The molecule has 0 radical (unpaired) electrons. The van der Waals surface area contributed by atoms with Crippen LogP contribution in [0.1, 0.15) is 55.5 Å². The molecule has 0 amide bonds.